The Balaban J connectivity index is 1.48. The zero-order chi connectivity index (χ0) is 24.8. The molecular weight excluding hydrogens is 477 g/mol. The van der Waals surface area contributed by atoms with E-state index in [1.807, 2.05) is 24.3 Å². The Bertz CT molecular complexity index is 1400. The van der Waals surface area contributed by atoms with Gasteiger partial charge < -0.3 is 10.1 Å². The Labute approximate surface area is 201 Å². The van der Waals surface area contributed by atoms with Crippen LogP contribution < -0.4 is 14.8 Å². The summed E-state index contributed by atoms with van der Waals surface area (Å²) in [5.41, 5.74) is 1.61. The number of fused-ring (bicyclic) bond motifs is 3. The molecule has 182 valence electrons. The first-order valence-corrected chi connectivity index (χ1v) is 12.6. The maximum absolute atomic E-state index is 13.1. The van der Waals surface area contributed by atoms with Gasteiger partial charge in [0.05, 0.1) is 23.6 Å². The molecule has 0 saturated carbocycles. The van der Waals surface area contributed by atoms with Crippen LogP contribution >= 0.6 is 0 Å². The van der Waals surface area contributed by atoms with Crippen molar-refractivity contribution in [2.24, 2.45) is 5.92 Å². The van der Waals surface area contributed by atoms with E-state index in [9.17, 15) is 21.6 Å². The van der Waals surface area contributed by atoms with Gasteiger partial charge in [-0.1, -0.05) is 36.4 Å². The van der Waals surface area contributed by atoms with Gasteiger partial charge in [-0.2, -0.15) is 13.2 Å². The monoisotopic (exact) mass is 500 g/mol. The lowest BCUT2D eigenvalue weighted by Gasteiger charge is -2.38. The summed E-state index contributed by atoms with van der Waals surface area (Å²) in [5, 5.41) is 3.55. The Hall–Kier alpha value is -3.46. The van der Waals surface area contributed by atoms with Crippen molar-refractivity contribution in [2.75, 3.05) is 17.1 Å². The molecule has 0 amide bonds. The fourth-order valence-electron chi connectivity index (χ4n) is 4.94. The molecule has 9 heteroatoms. The van der Waals surface area contributed by atoms with Gasteiger partial charge in [0.2, 0.25) is 0 Å². The smallest absolute Gasteiger partial charge is 0.416 e. The van der Waals surface area contributed by atoms with Crippen LogP contribution in [0.2, 0.25) is 0 Å². The molecule has 3 aromatic rings. The number of rotatable bonds is 5. The summed E-state index contributed by atoms with van der Waals surface area (Å²) in [6, 6.07) is 16.7. The van der Waals surface area contributed by atoms with Crippen LogP contribution in [0.4, 0.5) is 24.5 Å². The minimum Gasteiger partial charge on any atom is -0.496 e. The van der Waals surface area contributed by atoms with Crippen LogP contribution in [-0.2, 0) is 16.2 Å². The van der Waals surface area contributed by atoms with Crippen molar-refractivity contribution in [2.45, 2.75) is 29.5 Å². The average Bonchev–Trinajstić information content (AvgIpc) is 3.33. The van der Waals surface area contributed by atoms with Gasteiger partial charge in [-0.25, -0.2) is 8.42 Å². The van der Waals surface area contributed by atoms with Gasteiger partial charge in [0, 0.05) is 22.9 Å². The third-order valence-electron chi connectivity index (χ3n) is 6.56. The van der Waals surface area contributed by atoms with E-state index >= 15 is 0 Å². The second-order valence-electron chi connectivity index (χ2n) is 8.65. The number of benzene rings is 3. The molecule has 3 atom stereocenters. The highest BCUT2D eigenvalue weighted by Gasteiger charge is 2.39. The summed E-state index contributed by atoms with van der Waals surface area (Å²) in [5.74, 6) is 0.932. The van der Waals surface area contributed by atoms with Crippen molar-refractivity contribution < 1.29 is 26.3 Å². The summed E-state index contributed by atoms with van der Waals surface area (Å²) in [7, 11) is -2.47. The van der Waals surface area contributed by atoms with Crippen LogP contribution in [0, 0.1) is 5.92 Å². The van der Waals surface area contributed by atoms with Crippen LogP contribution in [0.15, 0.2) is 83.8 Å². The highest BCUT2D eigenvalue weighted by molar-refractivity contribution is 7.92. The molecule has 5 nitrogen and oxygen atoms in total. The van der Waals surface area contributed by atoms with Gasteiger partial charge in [0.1, 0.15) is 5.75 Å². The molecular formula is C26H23F3N2O3S. The number of hydrogen-bond acceptors (Lipinski definition) is 4. The number of methoxy groups -OCH3 is 1. The number of para-hydroxylation sites is 1. The minimum absolute atomic E-state index is 0.00902. The predicted molar refractivity (Wildman–Crippen MR) is 128 cm³/mol. The second-order valence-corrected chi connectivity index (χ2v) is 10.3. The summed E-state index contributed by atoms with van der Waals surface area (Å²) < 4.78 is 73.1. The first-order chi connectivity index (χ1) is 16.7. The molecule has 0 fully saturated rings. The quantitative estimate of drug-likeness (QED) is 0.401. The first-order valence-electron chi connectivity index (χ1n) is 11.1. The van der Waals surface area contributed by atoms with Crippen LogP contribution in [0.25, 0.3) is 0 Å². The normalized spacial score (nSPS) is 21.1. The Morgan fingerprint density at radius 3 is 2.57 bits per heavy atom. The molecule has 3 aromatic carbocycles. The lowest BCUT2D eigenvalue weighted by Crippen LogP contribution is -2.29. The minimum atomic E-state index is -4.57. The molecule has 2 aliphatic rings. The maximum atomic E-state index is 13.1. The van der Waals surface area contributed by atoms with Crippen molar-refractivity contribution >= 4 is 21.4 Å². The van der Waals surface area contributed by atoms with E-state index in [4.69, 9.17) is 4.74 Å². The van der Waals surface area contributed by atoms with Crippen LogP contribution in [-0.4, -0.2) is 15.5 Å². The van der Waals surface area contributed by atoms with Crippen molar-refractivity contribution in [1.29, 1.82) is 0 Å². The Morgan fingerprint density at radius 2 is 1.80 bits per heavy atom. The third-order valence-corrected chi connectivity index (χ3v) is 7.94. The second kappa shape index (κ2) is 8.64. The standard InChI is InChI=1S/C26H23F3N2O3S/c1-34-24-11-3-2-8-21(24)25-20-10-5-9-19(20)22-15-18(12-13-23(22)30-25)35(32,33)31-17-7-4-6-16(14-17)26(27,28)29/h2-9,11-15,19-20,25,30-31H,10H2,1H3/t19-,20+,25-/m0/s1. The summed E-state index contributed by atoms with van der Waals surface area (Å²) in [6.45, 7) is 0. The van der Waals surface area contributed by atoms with Crippen molar-refractivity contribution in [3.63, 3.8) is 0 Å². The van der Waals surface area contributed by atoms with E-state index in [0.29, 0.717) is 0 Å². The van der Waals surface area contributed by atoms with Crippen LogP contribution in [0.1, 0.15) is 35.1 Å². The van der Waals surface area contributed by atoms with E-state index in [1.165, 1.54) is 18.2 Å². The van der Waals surface area contributed by atoms with Gasteiger partial charge in [-0.3, -0.25) is 4.72 Å². The third kappa shape index (κ3) is 4.36. The molecule has 0 radical (unpaired) electrons. The summed E-state index contributed by atoms with van der Waals surface area (Å²) >= 11 is 0. The molecule has 1 aliphatic carbocycles. The summed E-state index contributed by atoms with van der Waals surface area (Å²) in [4.78, 5) is -0.00902. The van der Waals surface area contributed by atoms with Crippen LogP contribution in [0.5, 0.6) is 5.75 Å². The topological polar surface area (TPSA) is 67.4 Å². The largest absolute Gasteiger partial charge is 0.496 e. The van der Waals surface area contributed by atoms with Gasteiger partial charge in [0.25, 0.3) is 10.0 Å². The number of anilines is 2. The SMILES string of the molecule is COc1ccccc1[C@H]1Nc2ccc(S(=O)(=O)Nc3cccc(C(F)(F)F)c3)cc2[C@H]2C=CC[C@H]21. The predicted octanol–water partition coefficient (Wildman–Crippen LogP) is 6.34. The lowest BCUT2D eigenvalue weighted by atomic mass is 9.77. The molecule has 0 spiro atoms. The van der Waals surface area contributed by atoms with E-state index in [-0.39, 0.29) is 28.5 Å². The Kier molecular flexibility index (Phi) is 5.75. The molecule has 0 unspecified atom stereocenters. The number of sulfonamides is 1. The van der Waals surface area contributed by atoms with Crippen molar-refractivity contribution in [3.8, 4) is 5.75 Å². The number of nitrogens with one attached hydrogen (secondary N) is 2. The fraction of sp³-hybridized carbons (Fsp3) is 0.231. The van der Waals surface area contributed by atoms with Crippen molar-refractivity contribution in [3.05, 3.63) is 95.6 Å². The van der Waals surface area contributed by atoms with Gasteiger partial charge in [0.15, 0.2) is 0 Å². The molecule has 0 saturated heterocycles. The zero-order valence-corrected chi connectivity index (χ0v) is 19.5. The van der Waals surface area contributed by atoms with Crippen molar-refractivity contribution in [1.82, 2.24) is 0 Å². The van der Waals surface area contributed by atoms with Gasteiger partial charge in [-0.15, -0.1) is 0 Å². The van der Waals surface area contributed by atoms with E-state index < -0.39 is 21.8 Å². The number of ether oxygens (including phenoxy) is 1. The van der Waals surface area contributed by atoms with E-state index in [1.54, 1.807) is 19.2 Å². The van der Waals surface area contributed by atoms with Gasteiger partial charge >= 0.3 is 6.18 Å². The first kappa shape index (κ1) is 23.3. The number of halogens is 3. The molecule has 0 aromatic heterocycles. The fourth-order valence-corrected chi connectivity index (χ4v) is 6.03. The number of hydrogen-bond donors (Lipinski definition) is 2. The lowest BCUT2D eigenvalue weighted by molar-refractivity contribution is -0.137. The van der Waals surface area contributed by atoms with E-state index in [2.05, 4.69) is 22.2 Å². The molecule has 2 N–H and O–H groups in total. The Morgan fingerprint density at radius 1 is 1.00 bits per heavy atom. The number of alkyl halides is 3. The molecule has 35 heavy (non-hydrogen) atoms. The van der Waals surface area contributed by atoms with Gasteiger partial charge in [-0.05, 0) is 60.4 Å². The molecule has 1 aliphatic heterocycles. The molecule has 0 bridgehead atoms. The average molecular weight is 501 g/mol. The molecule has 5 rings (SSSR count). The summed E-state index contributed by atoms with van der Waals surface area (Å²) in [6.07, 6.45) is 0.431. The molecule has 1 heterocycles. The van der Waals surface area contributed by atoms with E-state index in [0.717, 1.165) is 41.1 Å². The number of allylic oxidation sites excluding steroid dienone is 2. The maximum Gasteiger partial charge on any atom is 0.416 e. The van der Waals surface area contributed by atoms with Crippen LogP contribution in [0.3, 0.4) is 0 Å². The zero-order valence-electron chi connectivity index (χ0n) is 18.7. The highest BCUT2D eigenvalue weighted by atomic mass is 32.2. The highest BCUT2D eigenvalue weighted by Crippen LogP contribution is 2.51.